The Hall–Kier alpha value is -2.59. The molecule has 0 bridgehead atoms. The molecule has 4 rings (SSSR count). The predicted molar refractivity (Wildman–Crippen MR) is 196 cm³/mol. The topological polar surface area (TPSA) is 150 Å². The second-order valence-electron chi connectivity index (χ2n) is 10.4. The molecule has 0 aliphatic rings. The first kappa shape index (κ1) is 47.4. The van der Waals surface area contributed by atoms with Crippen LogP contribution in [0.1, 0.15) is 34.6 Å². The number of halogens is 4. The van der Waals surface area contributed by atoms with E-state index in [1.54, 1.807) is 60.5 Å². The number of aliphatic hydroxyl groups is 2. The van der Waals surface area contributed by atoms with Crippen molar-refractivity contribution in [2.24, 2.45) is 0 Å². The number of likely N-dealkylation sites (N-methyl/N-ethyl adjacent to an activating group) is 2. The molecule has 0 heterocycles. The van der Waals surface area contributed by atoms with E-state index in [0.29, 0.717) is 50.9 Å². The van der Waals surface area contributed by atoms with Crippen molar-refractivity contribution in [1.29, 1.82) is 0 Å². The van der Waals surface area contributed by atoms with Crippen molar-refractivity contribution in [2.75, 3.05) is 34.3 Å². The number of rotatable bonds is 12. The Labute approximate surface area is 336 Å². The normalized spacial score (nSPS) is 10.8. The average Bonchev–Trinajstić information content (AvgIpc) is 3.05. The summed E-state index contributed by atoms with van der Waals surface area (Å²) >= 11 is 24.0. The minimum absolute atomic E-state index is 0. The van der Waals surface area contributed by atoms with E-state index in [9.17, 15) is 30.1 Å². The van der Waals surface area contributed by atoms with Gasteiger partial charge in [0.15, 0.2) is 5.78 Å². The van der Waals surface area contributed by atoms with Gasteiger partial charge in [0.1, 0.15) is 0 Å². The Kier molecular flexibility index (Phi) is 22.6. The standard InChI is InChI=1S/C16H16Cl2N2O3.C16H14Cl2N2O3.CH4O.B.Na.H/c2*1-19(9-12-5-6-13(17)8-15(12)18)10-16(21)11-3-2-4-14(7-11)20(22)23;1-2;;;/h2-8,16,21H,9-10H2,1H3;2-8H,9-10H2,1H3;2H,1H3;;;/q;;;;+1;-1. The Morgan fingerprint density at radius 2 is 1.22 bits per heavy atom. The van der Waals surface area contributed by atoms with Crippen molar-refractivity contribution >= 4 is 72.0 Å². The number of hydrogen-bond donors (Lipinski definition) is 2. The first-order valence-corrected chi connectivity index (χ1v) is 15.6. The van der Waals surface area contributed by atoms with Gasteiger partial charge < -0.3 is 11.6 Å². The molecule has 2 N–H and O–H groups in total. The molecule has 4 aromatic rings. The van der Waals surface area contributed by atoms with Crippen LogP contribution in [0.5, 0.6) is 0 Å². The number of nitro groups is 2. The van der Waals surface area contributed by atoms with Crippen LogP contribution in [-0.2, 0) is 13.1 Å². The number of hydrogen-bond acceptors (Lipinski definition) is 9. The maximum absolute atomic E-state index is 12.2. The molecule has 0 spiro atoms. The van der Waals surface area contributed by atoms with Crippen molar-refractivity contribution in [2.45, 2.75) is 19.2 Å². The van der Waals surface area contributed by atoms with Crippen LogP contribution >= 0.6 is 46.4 Å². The minimum Gasteiger partial charge on any atom is -1.00 e. The fraction of sp³-hybridized carbons (Fsp3) is 0.242. The molecule has 17 heteroatoms. The van der Waals surface area contributed by atoms with E-state index in [0.717, 1.165) is 18.2 Å². The maximum Gasteiger partial charge on any atom is 1.00 e. The second-order valence-corrected chi connectivity index (χ2v) is 12.1. The minimum atomic E-state index is -0.828. The molecule has 1 atom stereocenters. The fourth-order valence-corrected chi connectivity index (χ4v) is 5.31. The van der Waals surface area contributed by atoms with Crippen molar-refractivity contribution in [3.8, 4) is 0 Å². The number of carbonyl (C=O) groups is 1. The number of Topliss-reactive ketones (excluding diaryl/α,β-unsaturated/α-hetero) is 1. The van der Waals surface area contributed by atoms with Gasteiger partial charge in [-0.15, -0.1) is 0 Å². The molecule has 0 aliphatic carbocycles. The third-order valence-corrected chi connectivity index (χ3v) is 7.83. The number of non-ortho nitro benzene ring substituents is 2. The summed E-state index contributed by atoms with van der Waals surface area (Å²) in [4.78, 5) is 36.5. The molecular formula is C33H35BCl4N4NaO7. The van der Waals surface area contributed by atoms with Gasteiger partial charge in [-0.05, 0) is 55.1 Å². The van der Waals surface area contributed by atoms with Gasteiger partial charge in [0.2, 0.25) is 0 Å². The Morgan fingerprint density at radius 1 is 0.760 bits per heavy atom. The van der Waals surface area contributed by atoms with Crippen LogP contribution in [0.25, 0.3) is 0 Å². The van der Waals surface area contributed by atoms with Gasteiger partial charge in [-0.1, -0.05) is 82.8 Å². The van der Waals surface area contributed by atoms with Crippen LogP contribution in [0.3, 0.4) is 0 Å². The smallest absolute Gasteiger partial charge is 1.00 e. The maximum atomic E-state index is 12.2. The number of carbonyl (C=O) groups excluding carboxylic acids is 1. The monoisotopic (exact) mass is 773 g/mol. The quantitative estimate of drug-likeness (QED) is 0.0910. The van der Waals surface area contributed by atoms with Crippen molar-refractivity contribution in [3.05, 3.63) is 148 Å². The third-order valence-electron chi connectivity index (χ3n) is 6.65. The fourth-order valence-electron chi connectivity index (χ4n) is 4.38. The van der Waals surface area contributed by atoms with Crippen molar-refractivity contribution in [1.82, 2.24) is 9.80 Å². The molecule has 4 aromatic carbocycles. The Bertz CT molecular complexity index is 1730. The molecule has 0 fully saturated rings. The van der Waals surface area contributed by atoms with E-state index in [1.165, 1.54) is 30.3 Å². The SMILES string of the molecule is CN(CC(=O)c1cccc([N+](=O)[O-])c1)Cc1ccc(Cl)cc1Cl.CN(Cc1ccc(Cl)cc1Cl)CC(O)c1cccc([N+](=O)[O-])c1.CO.[B].[H-].[Na+]. The molecule has 3 radical (unpaired) electrons. The zero-order valence-corrected chi connectivity index (χ0v) is 32.8. The summed E-state index contributed by atoms with van der Waals surface area (Å²) in [6.45, 7) is 1.44. The van der Waals surface area contributed by atoms with Gasteiger partial charge in [0.25, 0.3) is 11.4 Å². The van der Waals surface area contributed by atoms with E-state index in [1.807, 2.05) is 18.0 Å². The number of benzene rings is 4. The van der Waals surface area contributed by atoms with Crippen LogP contribution < -0.4 is 29.6 Å². The van der Waals surface area contributed by atoms with E-state index in [4.69, 9.17) is 51.5 Å². The molecule has 0 amide bonds. The number of nitro benzene ring substituents is 2. The summed E-state index contributed by atoms with van der Waals surface area (Å²) in [6.07, 6.45) is -0.828. The van der Waals surface area contributed by atoms with E-state index in [2.05, 4.69) is 0 Å². The summed E-state index contributed by atoms with van der Waals surface area (Å²) in [5.41, 5.74) is 2.43. The van der Waals surface area contributed by atoms with E-state index in [-0.39, 0.29) is 63.1 Å². The molecular weight excluding hydrogens is 740 g/mol. The first-order chi connectivity index (χ1) is 22.7. The molecule has 11 nitrogen and oxygen atoms in total. The van der Waals surface area contributed by atoms with E-state index < -0.39 is 16.0 Å². The van der Waals surface area contributed by atoms with Gasteiger partial charge in [-0.3, -0.25) is 34.8 Å². The number of aliphatic hydroxyl groups excluding tert-OH is 2. The zero-order valence-electron chi connectivity index (χ0n) is 28.8. The van der Waals surface area contributed by atoms with Gasteiger partial charge in [0.05, 0.1) is 22.5 Å². The molecule has 0 aromatic heterocycles. The van der Waals surface area contributed by atoms with Crippen LogP contribution in [0.4, 0.5) is 11.4 Å². The van der Waals surface area contributed by atoms with Crippen LogP contribution in [0, 0.1) is 20.2 Å². The van der Waals surface area contributed by atoms with Gasteiger partial charge in [0, 0.05) is 85.1 Å². The van der Waals surface area contributed by atoms with E-state index >= 15 is 0 Å². The molecule has 0 saturated heterocycles. The van der Waals surface area contributed by atoms with Crippen molar-refractivity contribution in [3.63, 3.8) is 0 Å². The third kappa shape index (κ3) is 15.8. The molecule has 0 aliphatic heterocycles. The Morgan fingerprint density at radius 3 is 1.70 bits per heavy atom. The number of nitrogens with zero attached hydrogens (tertiary/aromatic N) is 4. The predicted octanol–water partition coefficient (Wildman–Crippen LogP) is 4.63. The zero-order chi connectivity index (χ0) is 36.0. The van der Waals surface area contributed by atoms with Crippen LogP contribution in [0.2, 0.25) is 20.1 Å². The first-order valence-electron chi connectivity index (χ1n) is 14.1. The number of ketones is 1. The molecule has 0 saturated carbocycles. The summed E-state index contributed by atoms with van der Waals surface area (Å²) in [5.74, 6) is -0.193. The van der Waals surface area contributed by atoms with Gasteiger partial charge in [-0.25, -0.2) is 0 Å². The van der Waals surface area contributed by atoms with Crippen LogP contribution in [0.15, 0.2) is 84.9 Å². The van der Waals surface area contributed by atoms with Crippen LogP contribution in [-0.4, -0.2) is 78.4 Å². The van der Waals surface area contributed by atoms with Gasteiger partial charge in [-0.2, -0.15) is 0 Å². The molecule has 1 unspecified atom stereocenters. The molecule has 261 valence electrons. The van der Waals surface area contributed by atoms with Gasteiger partial charge >= 0.3 is 29.6 Å². The molecule has 50 heavy (non-hydrogen) atoms. The van der Waals surface area contributed by atoms with Crippen molar-refractivity contribution < 1.29 is 55.8 Å². The summed E-state index contributed by atoms with van der Waals surface area (Å²) < 4.78 is 0. The second kappa shape index (κ2) is 23.8. The summed E-state index contributed by atoms with van der Waals surface area (Å²) in [7, 11) is 4.62. The average molecular weight is 775 g/mol. The largest absolute Gasteiger partial charge is 1.00 e. The summed E-state index contributed by atoms with van der Waals surface area (Å²) in [5, 5.41) is 41.0. The Balaban J connectivity index is 0. The summed E-state index contributed by atoms with van der Waals surface area (Å²) in [6, 6.07) is 22.2.